The third kappa shape index (κ3) is 3.60. The van der Waals surface area contributed by atoms with E-state index in [1.807, 2.05) is 18.5 Å². The predicted octanol–water partition coefficient (Wildman–Crippen LogP) is 1.97. The van der Waals surface area contributed by atoms with Crippen LogP contribution < -0.4 is 5.32 Å². The van der Waals surface area contributed by atoms with Crippen LogP contribution in [-0.4, -0.2) is 40.6 Å². The first kappa shape index (κ1) is 12.2. The minimum Gasteiger partial charge on any atom is -0.352 e. The molecule has 1 fully saturated rings. The van der Waals surface area contributed by atoms with Gasteiger partial charge in [-0.2, -0.15) is 0 Å². The smallest absolute Gasteiger partial charge is 0.203 e. The SMILES string of the molecule is C=CCNc1nccn1CCCN1CCCC1. The van der Waals surface area contributed by atoms with E-state index in [1.54, 1.807) is 0 Å². The van der Waals surface area contributed by atoms with Crippen LogP contribution in [0, 0.1) is 0 Å². The van der Waals surface area contributed by atoms with Gasteiger partial charge >= 0.3 is 0 Å². The van der Waals surface area contributed by atoms with E-state index in [0.29, 0.717) is 0 Å². The number of nitrogens with one attached hydrogen (secondary N) is 1. The van der Waals surface area contributed by atoms with Crippen molar-refractivity contribution in [3.05, 3.63) is 25.0 Å². The van der Waals surface area contributed by atoms with Crippen molar-refractivity contribution in [2.24, 2.45) is 0 Å². The van der Waals surface area contributed by atoms with E-state index in [4.69, 9.17) is 0 Å². The summed E-state index contributed by atoms with van der Waals surface area (Å²) in [5.41, 5.74) is 0. The molecule has 0 saturated carbocycles. The van der Waals surface area contributed by atoms with Crippen molar-refractivity contribution in [3.8, 4) is 0 Å². The lowest BCUT2D eigenvalue weighted by Gasteiger charge is -2.15. The van der Waals surface area contributed by atoms with Crippen LogP contribution in [0.3, 0.4) is 0 Å². The Balaban J connectivity index is 1.73. The number of aromatic nitrogens is 2. The molecule has 0 radical (unpaired) electrons. The molecule has 4 nitrogen and oxygen atoms in total. The molecule has 0 amide bonds. The quantitative estimate of drug-likeness (QED) is 0.732. The summed E-state index contributed by atoms with van der Waals surface area (Å²) in [4.78, 5) is 6.84. The molecular formula is C13H22N4. The minimum atomic E-state index is 0.767. The van der Waals surface area contributed by atoms with Gasteiger partial charge in [-0.25, -0.2) is 4.98 Å². The second kappa shape index (κ2) is 6.45. The van der Waals surface area contributed by atoms with Gasteiger partial charge in [-0.1, -0.05) is 6.08 Å². The van der Waals surface area contributed by atoms with Crippen LogP contribution in [0.25, 0.3) is 0 Å². The number of nitrogens with zero attached hydrogens (tertiary/aromatic N) is 3. The fraction of sp³-hybridized carbons (Fsp3) is 0.615. The average molecular weight is 234 g/mol. The summed E-state index contributed by atoms with van der Waals surface area (Å²) in [6.45, 7) is 9.28. The Kier molecular flexibility index (Phi) is 4.62. The second-order valence-electron chi connectivity index (χ2n) is 4.52. The summed E-state index contributed by atoms with van der Waals surface area (Å²) in [7, 11) is 0. The van der Waals surface area contributed by atoms with Gasteiger partial charge in [0.1, 0.15) is 0 Å². The van der Waals surface area contributed by atoms with E-state index in [0.717, 1.165) is 19.0 Å². The van der Waals surface area contributed by atoms with Crippen molar-refractivity contribution in [1.82, 2.24) is 14.5 Å². The minimum absolute atomic E-state index is 0.767. The van der Waals surface area contributed by atoms with E-state index in [9.17, 15) is 0 Å². The van der Waals surface area contributed by atoms with Crippen molar-refractivity contribution in [2.75, 3.05) is 31.5 Å². The summed E-state index contributed by atoms with van der Waals surface area (Å²) in [6.07, 6.45) is 9.67. The molecule has 0 bridgehead atoms. The fourth-order valence-corrected chi connectivity index (χ4v) is 2.29. The fourth-order valence-electron chi connectivity index (χ4n) is 2.29. The van der Waals surface area contributed by atoms with Crippen LogP contribution in [0.4, 0.5) is 5.95 Å². The molecule has 0 aromatic carbocycles. The Morgan fingerprint density at radius 2 is 2.18 bits per heavy atom. The molecule has 2 rings (SSSR count). The van der Waals surface area contributed by atoms with Gasteiger partial charge in [-0.3, -0.25) is 0 Å². The molecule has 94 valence electrons. The third-order valence-corrected chi connectivity index (χ3v) is 3.19. The highest BCUT2D eigenvalue weighted by molar-refractivity contribution is 5.26. The first-order valence-electron chi connectivity index (χ1n) is 6.48. The van der Waals surface area contributed by atoms with Gasteiger partial charge in [0.05, 0.1) is 0 Å². The van der Waals surface area contributed by atoms with Gasteiger partial charge < -0.3 is 14.8 Å². The molecule has 0 atom stereocenters. The van der Waals surface area contributed by atoms with Crippen LogP contribution in [0.1, 0.15) is 19.3 Å². The van der Waals surface area contributed by atoms with Gasteiger partial charge in [0.25, 0.3) is 0 Å². The second-order valence-corrected chi connectivity index (χ2v) is 4.52. The Morgan fingerprint density at radius 3 is 2.94 bits per heavy atom. The molecule has 1 N–H and O–H groups in total. The van der Waals surface area contributed by atoms with Crippen LogP contribution in [0.5, 0.6) is 0 Å². The Labute approximate surface area is 103 Å². The van der Waals surface area contributed by atoms with Gasteiger partial charge in [-0.15, -0.1) is 6.58 Å². The first-order valence-corrected chi connectivity index (χ1v) is 6.48. The molecule has 1 aliphatic heterocycles. The number of rotatable bonds is 7. The predicted molar refractivity (Wildman–Crippen MR) is 71.2 cm³/mol. The number of likely N-dealkylation sites (tertiary alicyclic amines) is 1. The highest BCUT2D eigenvalue weighted by Crippen LogP contribution is 2.09. The lowest BCUT2D eigenvalue weighted by atomic mass is 10.4. The van der Waals surface area contributed by atoms with Crippen LogP contribution >= 0.6 is 0 Å². The average Bonchev–Trinajstić information content (AvgIpc) is 2.98. The molecule has 17 heavy (non-hydrogen) atoms. The Morgan fingerprint density at radius 1 is 1.35 bits per heavy atom. The number of hydrogen-bond acceptors (Lipinski definition) is 3. The normalized spacial score (nSPS) is 16.2. The summed E-state index contributed by atoms with van der Waals surface area (Å²) in [6, 6.07) is 0. The summed E-state index contributed by atoms with van der Waals surface area (Å²) >= 11 is 0. The van der Waals surface area contributed by atoms with Crippen LogP contribution in [0.15, 0.2) is 25.0 Å². The van der Waals surface area contributed by atoms with Crippen molar-refractivity contribution < 1.29 is 0 Å². The van der Waals surface area contributed by atoms with Crippen molar-refractivity contribution >= 4 is 5.95 Å². The van der Waals surface area contributed by atoms with Gasteiger partial charge in [-0.05, 0) is 38.9 Å². The largest absolute Gasteiger partial charge is 0.352 e. The molecule has 1 saturated heterocycles. The third-order valence-electron chi connectivity index (χ3n) is 3.19. The standard InChI is InChI=1S/C13H22N4/c1-2-6-14-13-15-7-12-17(13)11-5-10-16-8-3-4-9-16/h2,7,12H,1,3-6,8-11H2,(H,14,15). The Hall–Kier alpha value is -1.29. The molecule has 1 aromatic heterocycles. The molecule has 1 aliphatic rings. The first-order chi connectivity index (χ1) is 8.40. The van der Waals surface area contributed by atoms with Gasteiger partial charge in [0.15, 0.2) is 0 Å². The zero-order valence-corrected chi connectivity index (χ0v) is 10.4. The van der Waals surface area contributed by atoms with Crippen molar-refractivity contribution in [3.63, 3.8) is 0 Å². The molecule has 0 unspecified atom stereocenters. The molecule has 0 spiro atoms. The summed E-state index contributed by atoms with van der Waals surface area (Å²) < 4.78 is 2.18. The number of anilines is 1. The summed E-state index contributed by atoms with van der Waals surface area (Å²) in [5, 5.41) is 3.24. The molecule has 2 heterocycles. The highest BCUT2D eigenvalue weighted by Gasteiger charge is 2.10. The molecule has 4 heteroatoms. The topological polar surface area (TPSA) is 33.1 Å². The molecule has 0 aliphatic carbocycles. The maximum absolute atomic E-state index is 4.29. The summed E-state index contributed by atoms with van der Waals surface area (Å²) in [5.74, 6) is 0.950. The monoisotopic (exact) mass is 234 g/mol. The number of aryl methyl sites for hydroxylation is 1. The van der Waals surface area contributed by atoms with Crippen LogP contribution in [0.2, 0.25) is 0 Å². The van der Waals surface area contributed by atoms with E-state index in [2.05, 4.69) is 26.3 Å². The van der Waals surface area contributed by atoms with E-state index in [-0.39, 0.29) is 0 Å². The maximum atomic E-state index is 4.29. The van der Waals surface area contributed by atoms with Gasteiger partial charge in [0.2, 0.25) is 5.95 Å². The van der Waals surface area contributed by atoms with Crippen molar-refractivity contribution in [1.29, 1.82) is 0 Å². The Bertz CT molecular complexity index is 339. The highest BCUT2D eigenvalue weighted by atomic mass is 15.2. The van der Waals surface area contributed by atoms with Crippen LogP contribution in [-0.2, 0) is 6.54 Å². The molecular weight excluding hydrogens is 212 g/mol. The van der Waals surface area contributed by atoms with E-state index >= 15 is 0 Å². The van der Waals surface area contributed by atoms with Gasteiger partial charge in [0, 0.05) is 25.5 Å². The molecule has 1 aromatic rings. The maximum Gasteiger partial charge on any atom is 0.203 e. The van der Waals surface area contributed by atoms with E-state index < -0.39 is 0 Å². The zero-order valence-electron chi connectivity index (χ0n) is 10.4. The zero-order chi connectivity index (χ0) is 11.9. The van der Waals surface area contributed by atoms with Crippen molar-refractivity contribution in [2.45, 2.75) is 25.8 Å². The lowest BCUT2D eigenvalue weighted by molar-refractivity contribution is 0.325. The number of hydrogen-bond donors (Lipinski definition) is 1. The van der Waals surface area contributed by atoms with E-state index in [1.165, 1.54) is 38.9 Å². The lowest BCUT2D eigenvalue weighted by Crippen LogP contribution is -2.21. The number of imidazole rings is 1.